The Morgan fingerprint density at radius 3 is 2.70 bits per heavy atom. The predicted molar refractivity (Wildman–Crippen MR) is 101 cm³/mol. The van der Waals surface area contributed by atoms with Gasteiger partial charge in [0.1, 0.15) is 12.4 Å². The first-order valence-corrected chi connectivity index (χ1v) is 8.99. The molecule has 1 aliphatic heterocycles. The SMILES string of the molecule is CN(C)C(=O)c1ccc2c(c1)N(C)[C@@H](CC(=O)NCCCCC(=O)O)CO2. The number of nitrogens with zero attached hydrogens (tertiary/aromatic N) is 2. The minimum absolute atomic E-state index is 0.0903. The number of carbonyl (C=O) groups excluding carboxylic acids is 2. The van der Waals surface area contributed by atoms with E-state index in [0.717, 1.165) is 5.69 Å². The Hall–Kier alpha value is -2.77. The second-order valence-electron chi connectivity index (χ2n) is 6.86. The molecule has 1 heterocycles. The number of unbranched alkanes of at least 4 members (excludes halogenated alkanes) is 1. The van der Waals surface area contributed by atoms with Gasteiger partial charge in [-0.05, 0) is 31.0 Å². The van der Waals surface area contributed by atoms with Crippen LogP contribution < -0.4 is 15.0 Å². The lowest BCUT2D eigenvalue weighted by atomic mass is 10.1. The number of hydrogen-bond donors (Lipinski definition) is 2. The van der Waals surface area contributed by atoms with Crippen LogP contribution >= 0.6 is 0 Å². The Morgan fingerprint density at radius 1 is 1.30 bits per heavy atom. The monoisotopic (exact) mass is 377 g/mol. The van der Waals surface area contributed by atoms with Gasteiger partial charge in [-0.15, -0.1) is 0 Å². The average Bonchev–Trinajstić information content (AvgIpc) is 2.62. The molecule has 8 heteroatoms. The van der Waals surface area contributed by atoms with E-state index < -0.39 is 5.97 Å². The van der Waals surface area contributed by atoms with Crippen LogP contribution in [0.15, 0.2) is 18.2 Å². The van der Waals surface area contributed by atoms with E-state index in [-0.39, 0.29) is 30.7 Å². The first-order valence-electron chi connectivity index (χ1n) is 8.99. The number of amides is 2. The third-order valence-corrected chi connectivity index (χ3v) is 4.53. The fourth-order valence-corrected chi connectivity index (χ4v) is 2.91. The van der Waals surface area contributed by atoms with Crippen molar-refractivity contribution in [3.8, 4) is 5.75 Å². The lowest BCUT2D eigenvalue weighted by Crippen LogP contribution is -2.44. The molecule has 1 aromatic carbocycles. The molecule has 1 atom stereocenters. The highest BCUT2D eigenvalue weighted by atomic mass is 16.5. The molecule has 0 fully saturated rings. The second-order valence-corrected chi connectivity index (χ2v) is 6.86. The molecule has 2 N–H and O–H groups in total. The average molecular weight is 377 g/mol. The largest absolute Gasteiger partial charge is 0.489 e. The number of carbonyl (C=O) groups is 3. The molecule has 0 saturated carbocycles. The molecule has 0 saturated heterocycles. The molecule has 1 aliphatic rings. The number of fused-ring (bicyclic) bond motifs is 1. The van der Waals surface area contributed by atoms with Crippen LogP contribution in [-0.4, -0.2) is 68.1 Å². The lowest BCUT2D eigenvalue weighted by molar-refractivity contribution is -0.137. The van der Waals surface area contributed by atoms with Crippen molar-refractivity contribution >= 4 is 23.5 Å². The molecule has 2 rings (SSSR count). The van der Waals surface area contributed by atoms with Gasteiger partial charge < -0.3 is 25.0 Å². The van der Waals surface area contributed by atoms with Crippen LogP contribution in [0.25, 0.3) is 0 Å². The smallest absolute Gasteiger partial charge is 0.303 e. The summed E-state index contributed by atoms with van der Waals surface area (Å²) in [5.41, 5.74) is 1.35. The number of carboxylic acid groups (broad SMARTS) is 1. The molecular weight excluding hydrogens is 350 g/mol. The zero-order valence-corrected chi connectivity index (χ0v) is 16.0. The van der Waals surface area contributed by atoms with Crippen molar-refractivity contribution in [2.24, 2.45) is 0 Å². The van der Waals surface area contributed by atoms with Gasteiger partial charge >= 0.3 is 5.97 Å². The summed E-state index contributed by atoms with van der Waals surface area (Å²) in [6.45, 7) is 0.846. The molecule has 1 aromatic rings. The molecule has 0 aromatic heterocycles. The predicted octanol–water partition coefficient (Wildman–Crippen LogP) is 1.35. The number of nitrogens with one attached hydrogen (secondary N) is 1. The Bertz CT molecular complexity index is 705. The molecule has 8 nitrogen and oxygen atoms in total. The zero-order chi connectivity index (χ0) is 20.0. The van der Waals surface area contributed by atoms with Crippen LogP contribution in [-0.2, 0) is 9.59 Å². The fraction of sp³-hybridized carbons (Fsp3) is 0.526. The fourth-order valence-electron chi connectivity index (χ4n) is 2.91. The Balaban J connectivity index is 1.92. The number of ether oxygens (including phenoxy) is 1. The van der Waals surface area contributed by atoms with Crippen LogP contribution in [0.3, 0.4) is 0 Å². The third-order valence-electron chi connectivity index (χ3n) is 4.53. The van der Waals surface area contributed by atoms with E-state index in [1.165, 1.54) is 4.90 Å². The summed E-state index contributed by atoms with van der Waals surface area (Å²) in [7, 11) is 5.28. The normalized spacial score (nSPS) is 15.5. The molecule has 0 unspecified atom stereocenters. The van der Waals surface area contributed by atoms with E-state index in [4.69, 9.17) is 9.84 Å². The number of carboxylic acids is 1. The van der Waals surface area contributed by atoms with Gasteiger partial charge in [-0.1, -0.05) is 0 Å². The Morgan fingerprint density at radius 2 is 2.04 bits per heavy atom. The van der Waals surface area contributed by atoms with Crippen molar-refractivity contribution in [2.45, 2.75) is 31.7 Å². The highest BCUT2D eigenvalue weighted by molar-refractivity contribution is 5.95. The maximum absolute atomic E-state index is 12.2. The van der Waals surface area contributed by atoms with Crippen molar-refractivity contribution in [2.75, 3.05) is 39.2 Å². The number of benzene rings is 1. The topological polar surface area (TPSA) is 99.2 Å². The van der Waals surface area contributed by atoms with Crippen LogP contribution in [0, 0.1) is 0 Å². The highest BCUT2D eigenvalue weighted by Crippen LogP contribution is 2.34. The van der Waals surface area contributed by atoms with Crippen molar-refractivity contribution in [1.82, 2.24) is 10.2 Å². The van der Waals surface area contributed by atoms with E-state index >= 15 is 0 Å². The minimum Gasteiger partial charge on any atom is -0.489 e. The standard InChI is InChI=1S/C19H27N3O5/c1-21(2)19(26)13-7-8-16-15(10-13)22(3)14(12-27-16)11-17(23)20-9-5-4-6-18(24)25/h7-8,10,14H,4-6,9,11-12H2,1-3H3,(H,20,23)(H,24,25)/t14-/m0/s1. The van der Waals surface area contributed by atoms with E-state index in [1.54, 1.807) is 32.3 Å². The van der Waals surface area contributed by atoms with Gasteiger partial charge in [0.05, 0.1) is 18.2 Å². The number of likely N-dealkylation sites (N-methyl/N-ethyl adjacent to an activating group) is 1. The Labute approximate surface area is 159 Å². The Kier molecular flexibility index (Phi) is 7.04. The van der Waals surface area contributed by atoms with Crippen molar-refractivity contribution in [3.05, 3.63) is 23.8 Å². The van der Waals surface area contributed by atoms with Crippen LogP contribution in [0.1, 0.15) is 36.0 Å². The molecule has 27 heavy (non-hydrogen) atoms. The summed E-state index contributed by atoms with van der Waals surface area (Å²) in [6, 6.07) is 5.16. The highest BCUT2D eigenvalue weighted by Gasteiger charge is 2.27. The third kappa shape index (κ3) is 5.60. The molecule has 0 bridgehead atoms. The summed E-state index contributed by atoms with van der Waals surface area (Å²) < 4.78 is 5.76. The van der Waals surface area contributed by atoms with Crippen LogP contribution in [0.5, 0.6) is 5.75 Å². The van der Waals surface area contributed by atoms with Gasteiger partial charge in [0.25, 0.3) is 5.91 Å². The molecule has 0 radical (unpaired) electrons. The lowest BCUT2D eigenvalue weighted by Gasteiger charge is -2.35. The number of aliphatic carboxylic acids is 1. The molecule has 0 spiro atoms. The van der Waals surface area contributed by atoms with Gasteiger partial charge in [0, 0.05) is 39.7 Å². The summed E-state index contributed by atoms with van der Waals surface area (Å²) in [5.74, 6) is -0.326. The van der Waals surface area contributed by atoms with Gasteiger partial charge in [0.2, 0.25) is 5.91 Å². The van der Waals surface area contributed by atoms with E-state index in [0.29, 0.717) is 37.3 Å². The van der Waals surface area contributed by atoms with Crippen LogP contribution in [0.4, 0.5) is 5.69 Å². The summed E-state index contributed by atoms with van der Waals surface area (Å²) >= 11 is 0. The minimum atomic E-state index is -0.826. The van der Waals surface area contributed by atoms with Gasteiger partial charge in [0.15, 0.2) is 0 Å². The molecular formula is C19H27N3O5. The van der Waals surface area contributed by atoms with E-state index in [2.05, 4.69) is 5.32 Å². The number of hydrogen-bond acceptors (Lipinski definition) is 5. The number of anilines is 1. The molecule has 0 aliphatic carbocycles. The first-order chi connectivity index (χ1) is 12.8. The maximum Gasteiger partial charge on any atom is 0.303 e. The van der Waals surface area contributed by atoms with Gasteiger partial charge in [-0.3, -0.25) is 14.4 Å². The zero-order valence-electron chi connectivity index (χ0n) is 16.0. The van der Waals surface area contributed by atoms with E-state index in [9.17, 15) is 14.4 Å². The summed E-state index contributed by atoms with van der Waals surface area (Å²) in [5, 5.41) is 11.4. The van der Waals surface area contributed by atoms with Crippen molar-refractivity contribution in [3.63, 3.8) is 0 Å². The molecule has 148 valence electrons. The second kappa shape index (κ2) is 9.25. The van der Waals surface area contributed by atoms with Crippen molar-refractivity contribution in [1.29, 1.82) is 0 Å². The van der Waals surface area contributed by atoms with Crippen LogP contribution in [0.2, 0.25) is 0 Å². The number of rotatable bonds is 8. The maximum atomic E-state index is 12.2. The van der Waals surface area contributed by atoms with Gasteiger partial charge in [-0.25, -0.2) is 0 Å². The summed E-state index contributed by atoms with van der Waals surface area (Å²) in [4.78, 5) is 38.3. The van der Waals surface area contributed by atoms with E-state index in [1.807, 2.05) is 11.9 Å². The summed E-state index contributed by atoms with van der Waals surface area (Å²) in [6.07, 6.45) is 1.55. The molecule has 2 amide bonds. The van der Waals surface area contributed by atoms with Gasteiger partial charge in [-0.2, -0.15) is 0 Å². The first kappa shape index (κ1) is 20.5. The van der Waals surface area contributed by atoms with Crippen molar-refractivity contribution < 1.29 is 24.2 Å². The quantitative estimate of drug-likeness (QED) is 0.664.